The molecule has 1 unspecified atom stereocenters. The molecule has 0 bridgehead atoms. The molecule has 0 aliphatic heterocycles. The molecule has 0 aliphatic carbocycles. The van der Waals surface area contributed by atoms with Crippen molar-refractivity contribution in [2.75, 3.05) is 17.6 Å². The van der Waals surface area contributed by atoms with Gasteiger partial charge < -0.3 is 20.1 Å². The highest BCUT2D eigenvalue weighted by molar-refractivity contribution is 5.94. The molecule has 4 rings (SSSR count). The van der Waals surface area contributed by atoms with Gasteiger partial charge in [0, 0.05) is 12.1 Å². The van der Waals surface area contributed by atoms with Crippen molar-refractivity contribution in [3.63, 3.8) is 0 Å². The van der Waals surface area contributed by atoms with Gasteiger partial charge in [-0.15, -0.1) is 0 Å². The van der Waals surface area contributed by atoms with Gasteiger partial charge in [-0.25, -0.2) is 4.98 Å². The normalized spacial score (nSPS) is 12.4. The molecule has 0 radical (unpaired) electrons. The van der Waals surface area contributed by atoms with Gasteiger partial charge >= 0.3 is 0 Å². The fraction of sp³-hybridized carbons (Fsp3) is 0.273. The molecule has 2 aromatic carbocycles. The van der Waals surface area contributed by atoms with E-state index < -0.39 is 0 Å². The first-order valence-corrected chi connectivity index (χ1v) is 9.54. The van der Waals surface area contributed by atoms with Crippen LogP contribution in [0.4, 0.5) is 11.6 Å². The maximum atomic E-state index is 6.43. The predicted molar refractivity (Wildman–Crippen MR) is 114 cm³/mol. The molecule has 0 saturated heterocycles. The van der Waals surface area contributed by atoms with Crippen LogP contribution in [0, 0.1) is 13.8 Å². The van der Waals surface area contributed by atoms with E-state index in [1.165, 1.54) is 5.56 Å². The lowest BCUT2D eigenvalue weighted by molar-refractivity contribution is 0.393. The summed E-state index contributed by atoms with van der Waals surface area (Å²) < 4.78 is 7.58. The zero-order valence-electron chi connectivity index (χ0n) is 16.7. The van der Waals surface area contributed by atoms with Crippen molar-refractivity contribution in [1.29, 1.82) is 0 Å². The van der Waals surface area contributed by atoms with Crippen molar-refractivity contribution < 1.29 is 4.52 Å². The Morgan fingerprint density at radius 1 is 1.18 bits per heavy atom. The number of rotatable bonds is 5. The van der Waals surface area contributed by atoms with Crippen LogP contribution in [0.25, 0.3) is 22.2 Å². The monoisotopic (exact) mass is 375 g/mol. The smallest absolute Gasteiger partial charge is 0.204 e. The second-order valence-electron chi connectivity index (χ2n) is 7.05. The Labute approximate surface area is 164 Å². The van der Waals surface area contributed by atoms with Crippen LogP contribution >= 0.6 is 0 Å². The van der Waals surface area contributed by atoms with E-state index in [1.54, 1.807) is 0 Å². The number of nitrogen functional groups attached to an aromatic ring is 1. The van der Waals surface area contributed by atoms with Crippen LogP contribution in [0.15, 0.2) is 47.0 Å². The van der Waals surface area contributed by atoms with Gasteiger partial charge in [0.1, 0.15) is 11.3 Å². The van der Waals surface area contributed by atoms with E-state index in [2.05, 4.69) is 59.2 Å². The Morgan fingerprint density at radius 2 is 1.93 bits per heavy atom. The minimum atomic E-state index is 0.0968. The number of aryl methyl sites for hydroxylation is 2. The zero-order valence-corrected chi connectivity index (χ0v) is 16.7. The van der Waals surface area contributed by atoms with Crippen molar-refractivity contribution in [2.45, 2.75) is 33.7 Å². The molecule has 144 valence electrons. The zero-order chi connectivity index (χ0) is 19.8. The van der Waals surface area contributed by atoms with Gasteiger partial charge in [-0.2, -0.15) is 0 Å². The molecule has 3 N–H and O–H groups in total. The van der Waals surface area contributed by atoms with E-state index >= 15 is 0 Å². The summed E-state index contributed by atoms with van der Waals surface area (Å²) in [5.74, 6) is 1.60. The lowest BCUT2D eigenvalue weighted by atomic mass is 10.0. The molecule has 0 spiro atoms. The second kappa shape index (κ2) is 7.03. The molecule has 4 aromatic rings. The number of nitrogens with zero attached hydrogens (tertiary/aromatic N) is 3. The van der Waals surface area contributed by atoms with E-state index in [0.29, 0.717) is 5.69 Å². The first-order valence-electron chi connectivity index (χ1n) is 9.54. The molecule has 2 aromatic heterocycles. The standard InChI is InChI=1S/C22H25N5O/c1-5-24-22-25-21-18(23)11-17(20-13(2)26-28-15(20)4)12-19(21)27(22)14(3)16-9-7-6-8-10-16/h6-12,14H,5,23H2,1-4H3,(H,24,25). The number of fused-ring (bicyclic) bond motifs is 1. The minimum Gasteiger partial charge on any atom is -0.397 e. The molecule has 28 heavy (non-hydrogen) atoms. The highest BCUT2D eigenvalue weighted by Gasteiger charge is 2.21. The number of imidazole rings is 1. The summed E-state index contributed by atoms with van der Waals surface area (Å²) in [6.07, 6.45) is 0. The molecular weight excluding hydrogens is 350 g/mol. The third-order valence-corrected chi connectivity index (χ3v) is 5.15. The Balaban J connectivity index is 1.98. The van der Waals surface area contributed by atoms with Gasteiger partial charge in [0.2, 0.25) is 5.95 Å². The summed E-state index contributed by atoms with van der Waals surface area (Å²) >= 11 is 0. The lowest BCUT2D eigenvalue weighted by Crippen LogP contribution is -2.12. The van der Waals surface area contributed by atoms with Crippen LogP contribution < -0.4 is 11.1 Å². The predicted octanol–water partition coefficient (Wildman–Crippen LogP) is 4.93. The third kappa shape index (κ3) is 2.91. The third-order valence-electron chi connectivity index (χ3n) is 5.15. The summed E-state index contributed by atoms with van der Waals surface area (Å²) in [5, 5.41) is 7.48. The van der Waals surface area contributed by atoms with E-state index in [-0.39, 0.29) is 6.04 Å². The average Bonchev–Trinajstić information content (AvgIpc) is 3.22. The minimum absolute atomic E-state index is 0.0968. The number of benzene rings is 2. The Bertz CT molecular complexity index is 1110. The highest BCUT2D eigenvalue weighted by Crippen LogP contribution is 2.36. The van der Waals surface area contributed by atoms with E-state index in [1.807, 2.05) is 26.0 Å². The van der Waals surface area contributed by atoms with Gasteiger partial charge in [0.05, 0.1) is 22.9 Å². The molecule has 0 fully saturated rings. The summed E-state index contributed by atoms with van der Waals surface area (Å²) in [6, 6.07) is 14.6. The van der Waals surface area contributed by atoms with Crippen LogP contribution in [0.3, 0.4) is 0 Å². The van der Waals surface area contributed by atoms with Crippen LogP contribution in [0.5, 0.6) is 0 Å². The Kier molecular flexibility index (Phi) is 4.55. The maximum Gasteiger partial charge on any atom is 0.204 e. The van der Waals surface area contributed by atoms with E-state index in [9.17, 15) is 0 Å². The first kappa shape index (κ1) is 18.1. The van der Waals surface area contributed by atoms with Gasteiger partial charge in [-0.1, -0.05) is 35.5 Å². The quantitative estimate of drug-likeness (QED) is 0.483. The number of anilines is 2. The fourth-order valence-corrected chi connectivity index (χ4v) is 3.82. The number of hydrogen-bond acceptors (Lipinski definition) is 5. The molecule has 6 heteroatoms. The van der Waals surface area contributed by atoms with Gasteiger partial charge in [0.15, 0.2) is 0 Å². The maximum absolute atomic E-state index is 6.43. The summed E-state index contributed by atoms with van der Waals surface area (Å²) in [5.41, 5.74) is 12.9. The van der Waals surface area contributed by atoms with Gasteiger partial charge in [0.25, 0.3) is 0 Å². The topological polar surface area (TPSA) is 81.9 Å². The molecular formula is C22H25N5O. The SMILES string of the molecule is CCNc1nc2c(N)cc(-c3c(C)noc3C)cc2n1C(C)c1ccccc1. The molecule has 0 amide bonds. The number of nitrogens with two attached hydrogens (primary N) is 1. The molecule has 0 saturated carbocycles. The van der Waals surface area contributed by atoms with Crippen molar-refractivity contribution in [1.82, 2.24) is 14.7 Å². The van der Waals surface area contributed by atoms with Crippen molar-refractivity contribution in [3.05, 3.63) is 59.5 Å². The van der Waals surface area contributed by atoms with E-state index in [4.69, 9.17) is 15.2 Å². The molecule has 0 aliphatic rings. The first-order chi connectivity index (χ1) is 13.5. The van der Waals surface area contributed by atoms with Crippen LogP contribution in [0.1, 0.15) is 36.9 Å². The number of aromatic nitrogens is 3. The number of hydrogen-bond donors (Lipinski definition) is 2. The number of nitrogens with one attached hydrogen (secondary N) is 1. The molecule has 6 nitrogen and oxygen atoms in total. The Morgan fingerprint density at radius 3 is 2.57 bits per heavy atom. The second-order valence-corrected chi connectivity index (χ2v) is 7.05. The van der Waals surface area contributed by atoms with Crippen LogP contribution in [-0.2, 0) is 0 Å². The molecule has 2 heterocycles. The van der Waals surface area contributed by atoms with E-state index in [0.717, 1.165) is 46.1 Å². The Hall–Kier alpha value is -3.28. The largest absolute Gasteiger partial charge is 0.397 e. The van der Waals surface area contributed by atoms with Crippen molar-refractivity contribution in [2.24, 2.45) is 0 Å². The van der Waals surface area contributed by atoms with Crippen LogP contribution in [-0.4, -0.2) is 21.3 Å². The highest BCUT2D eigenvalue weighted by atomic mass is 16.5. The van der Waals surface area contributed by atoms with Gasteiger partial charge in [-0.3, -0.25) is 0 Å². The fourth-order valence-electron chi connectivity index (χ4n) is 3.82. The average molecular weight is 375 g/mol. The van der Waals surface area contributed by atoms with Crippen molar-refractivity contribution >= 4 is 22.7 Å². The summed E-state index contributed by atoms with van der Waals surface area (Å²) in [4.78, 5) is 4.80. The molecule has 1 atom stereocenters. The summed E-state index contributed by atoms with van der Waals surface area (Å²) in [6.45, 7) is 8.89. The van der Waals surface area contributed by atoms with Crippen molar-refractivity contribution in [3.8, 4) is 11.1 Å². The van der Waals surface area contributed by atoms with Gasteiger partial charge in [-0.05, 0) is 51.0 Å². The summed E-state index contributed by atoms with van der Waals surface area (Å²) in [7, 11) is 0. The lowest BCUT2D eigenvalue weighted by Gasteiger charge is -2.18. The van der Waals surface area contributed by atoms with Crippen LogP contribution in [0.2, 0.25) is 0 Å².